The maximum absolute atomic E-state index is 13.7. The fourth-order valence-electron chi connectivity index (χ4n) is 5.36. The van der Waals surface area contributed by atoms with Crippen molar-refractivity contribution in [2.45, 2.75) is 25.4 Å². The van der Waals surface area contributed by atoms with Crippen molar-refractivity contribution in [2.75, 3.05) is 51.1 Å². The lowest BCUT2D eigenvalue weighted by molar-refractivity contribution is -0.385. The summed E-state index contributed by atoms with van der Waals surface area (Å²) in [6, 6.07) is 13.1. The molecule has 1 fully saturated rings. The number of carbonyl (C=O) groups excluding carboxylic acids is 2. The molecule has 1 amide bonds. The van der Waals surface area contributed by atoms with Crippen molar-refractivity contribution in [1.29, 1.82) is 0 Å². The molecule has 254 valence electrons. The van der Waals surface area contributed by atoms with Gasteiger partial charge in [0.25, 0.3) is 11.6 Å². The molecule has 15 heteroatoms. The Morgan fingerprint density at radius 2 is 1.77 bits per heavy atom. The minimum Gasteiger partial charge on any atom is -0.465 e. The van der Waals surface area contributed by atoms with Gasteiger partial charge < -0.3 is 23.9 Å². The van der Waals surface area contributed by atoms with Crippen LogP contribution in [0.25, 0.3) is 22.3 Å². The summed E-state index contributed by atoms with van der Waals surface area (Å²) in [5, 5.41) is 14.5. The van der Waals surface area contributed by atoms with Crippen LogP contribution in [0.5, 0.6) is 0 Å². The molecule has 4 aromatic rings. The van der Waals surface area contributed by atoms with Gasteiger partial charge in [0.05, 0.1) is 62.5 Å². The van der Waals surface area contributed by atoms with Crippen LogP contribution in [0.15, 0.2) is 59.0 Å². The Balaban J connectivity index is 1.30. The number of halogens is 1. The van der Waals surface area contributed by atoms with Crippen LogP contribution in [0.2, 0.25) is 0 Å². The van der Waals surface area contributed by atoms with E-state index in [9.17, 15) is 32.5 Å². The molecular formula is C33H34FN3O10S. The van der Waals surface area contributed by atoms with E-state index in [4.69, 9.17) is 13.9 Å². The maximum Gasteiger partial charge on any atom is 0.344 e. The van der Waals surface area contributed by atoms with Crippen LogP contribution in [-0.2, 0) is 30.8 Å². The van der Waals surface area contributed by atoms with Crippen molar-refractivity contribution >= 4 is 44.2 Å². The highest BCUT2D eigenvalue weighted by molar-refractivity contribution is 7.92. The van der Waals surface area contributed by atoms with Gasteiger partial charge in [0.15, 0.2) is 0 Å². The number of nitrogens with zero attached hydrogens (tertiary/aromatic N) is 2. The number of rotatable bonds is 15. The average Bonchev–Trinajstić information content (AvgIpc) is 3.84. The second-order valence-corrected chi connectivity index (χ2v) is 13.1. The standard InChI is InChI=1S/C33H34FN3O10S/c1-35-32(38)30-26-17-25(21-5-6-21)27(18-29(26)47-31(30)22-7-9-23(34)10-8-22)36(48(3,42)43)12-13-45-14-15-46-19-20-4-11-24(33(39)44-2)28(16-20)37(40)41/h4,7-11,16-18,21H,5-6,12-15,19H2,1-3H3,(H,35,38). The number of ether oxygens (including phenoxy) is 3. The molecular weight excluding hydrogens is 649 g/mol. The average molecular weight is 684 g/mol. The Morgan fingerprint density at radius 1 is 1.06 bits per heavy atom. The number of furan rings is 1. The molecule has 1 N–H and O–H groups in total. The Morgan fingerprint density at radius 3 is 2.40 bits per heavy atom. The smallest absolute Gasteiger partial charge is 0.344 e. The van der Waals surface area contributed by atoms with E-state index in [0.717, 1.165) is 31.8 Å². The number of benzene rings is 3. The van der Waals surface area contributed by atoms with Gasteiger partial charge in [0.1, 0.15) is 22.7 Å². The summed E-state index contributed by atoms with van der Waals surface area (Å²) in [5.74, 6) is -1.31. The van der Waals surface area contributed by atoms with Gasteiger partial charge in [0, 0.05) is 30.1 Å². The summed E-state index contributed by atoms with van der Waals surface area (Å²) >= 11 is 0. The molecule has 1 aliphatic carbocycles. The first-order valence-electron chi connectivity index (χ1n) is 15.0. The molecule has 1 saturated carbocycles. The van der Waals surface area contributed by atoms with E-state index in [2.05, 4.69) is 10.1 Å². The Kier molecular flexibility index (Phi) is 10.4. The van der Waals surface area contributed by atoms with Crippen LogP contribution in [0.1, 0.15) is 50.6 Å². The molecule has 1 heterocycles. The minimum atomic E-state index is -3.78. The van der Waals surface area contributed by atoms with Gasteiger partial charge in [-0.3, -0.25) is 19.2 Å². The van der Waals surface area contributed by atoms with Crippen molar-refractivity contribution < 1.29 is 45.9 Å². The number of esters is 1. The molecule has 0 aliphatic heterocycles. The lowest BCUT2D eigenvalue weighted by Crippen LogP contribution is -2.34. The van der Waals surface area contributed by atoms with Gasteiger partial charge in [-0.05, 0) is 66.3 Å². The van der Waals surface area contributed by atoms with E-state index in [1.807, 2.05) is 0 Å². The molecule has 48 heavy (non-hydrogen) atoms. The van der Waals surface area contributed by atoms with Crippen LogP contribution in [0, 0.1) is 15.9 Å². The third-order valence-electron chi connectivity index (χ3n) is 7.83. The molecule has 0 bridgehead atoms. The van der Waals surface area contributed by atoms with Crippen LogP contribution in [0.4, 0.5) is 15.8 Å². The number of hydrogen-bond donors (Lipinski definition) is 1. The normalized spacial score (nSPS) is 13.0. The summed E-state index contributed by atoms with van der Waals surface area (Å²) in [4.78, 5) is 35.5. The number of anilines is 1. The van der Waals surface area contributed by atoms with Crippen LogP contribution in [-0.4, -0.2) is 72.0 Å². The predicted octanol–water partition coefficient (Wildman–Crippen LogP) is 5.17. The van der Waals surface area contributed by atoms with Crippen LogP contribution in [0.3, 0.4) is 0 Å². The van der Waals surface area contributed by atoms with E-state index < -0.39 is 38.3 Å². The summed E-state index contributed by atoms with van der Waals surface area (Å²) in [6.45, 7) is 0.265. The molecule has 1 aliphatic rings. The highest BCUT2D eigenvalue weighted by Crippen LogP contribution is 2.48. The number of nitro groups is 1. The second kappa shape index (κ2) is 14.5. The molecule has 0 unspecified atom stereocenters. The lowest BCUT2D eigenvalue weighted by atomic mass is 10.0. The number of carbonyl (C=O) groups is 2. The quantitative estimate of drug-likeness (QED) is 0.0764. The highest BCUT2D eigenvalue weighted by atomic mass is 32.2. The summed E-state index contributed by atoms with van der Waals surface area (Å²) < 4.78 is 63.0. The van der Waals surface area contributed by atoms with Gasteiger partial charge in [-0.1, -0.05) is 6.07 Å². The van der Waals surface area contributed by atoms with Crippen LogP contribution < -0.4 is 9.62 Å². The number of nitrogens with one attached hydrogen (secondary N) is 1. The summed E-state index contributed by atoms with van der Waals surface area (Å²) in [7, 11) is -1.15. The van der Waals surface area contributed by atoms with Gasteiger partial charge in [-0.25, -0.2) is 17.6 Å². The number of fused-ring (bicyclic) bond motifs is 1. The molecule has 13 nitrogen and oxygen atoms in total. The van der Waals surface area contributed by atoms with E-state index in [-0.39, 0.29) is 55.8 Å². The van der Waals surface area contributed by atoms with Gasteiger partial charge in [-0.2, -0.15) is 0 Å². The number of hydrogen-bond acceptors (Lipinski definition) is 10. The SMILES string of the molecule is CNC(=O)c1c(-c2ccc(F)cc2)oc2cc(N(CCOCCOCc3ccc(C(=O)OC)c([N+](=O)[O-])c3)S(C)(=O)=O)c(C3CC3)cc12. The zero-order chi connectivity index (χ0) is 34.6. The topological polar surface area (TPSA) is 168 Å². The molecule has 1 aromatic heterocycles. The second-order valence-electron chi connectivity index (χ2n) is 11.2. The Bertz CT molecular complexity index is 1960. The summed E-state index contributed by atoms with van der Waals surface area (Å²) in [6.07, 6.45) is 2.82. The fourth-order valence-corrected chi connectivity index (χ4v) is 6.29. The van der Waals surface area contributed by atoms with E-state index in [1.54, 1.807) is 12.1 Å². The predicted molar refractivity (Wildman–Crippen MR) is 174 cm³/mol. The third-order valence-corrected chi connectivity index (χ3v) is 9.01. The van der Waals surface area contributed by atoms with Crippen molar-refractivity contribution in [3.8, 4) is 11.3 Å². The molecule has 0 radical (unpaired) electrons. The largest absolute Gasteiger partial charge is 0.465 e. The Hall–Kier alpha value is -4.86. The van der Waals surface area contributed by atoms with Crippen molar-refractivity contribution in [1.82, 2.24) is 5.32 Å². The zero-order valence-electron chi connectivity index (χ0n) is 26.5. The van der Waals surface area contributed by atoms with Crippen molar-refractivity contribution in [2.24, 2.45) is 0 Å². The highest BCUT2D eigenvalue weighted by Gasteiger charge is 2.33. The van der Waals surface area contributed by atoms with Gasteiger partial charge >= 0.3 is 5.97 Å². The van der Waals surface area contributed by atoms with Crippen molar-refractivity contribution in [3.63, 3.8) is 0 Å². The molecule has 5 rings (SSSR count). The molecule has 0 saturated heterocycles. The molecule has 0 spiro atoms. The Labute approximate surface area is 275 Å². The summed E-state index contributed by atoms with van der Waals surface area (Å²) in [5.41, 5.74) is 2.17. The number of sulfonamides is 1. The van der Waals surface area contributed by atoms with Gasteiger partial charge in [-0.15, -0.1) is 0 Å². The first-order valence-corrected chi connectivity index (χ1v) is 16.8. The number of methoxy groups -OCH3 is 1. The van der Waals surface area contributed by atoms with E-state index in [0.29, 0.717) is 27.8 Å². The fraction of sp³-hybridized carbons (Fsp3) is 0.333. The zero-order valence-corrected chi connectivity index (χ0v) is 27.3. The lowest BCUT2D eigenvalue weighted by Gasteiger charge is -2.25. The van der Waals surface area contributed by atoms with Crippen molar-refractivity contribution in [3.05, 3.63) is 92.8 Å². The monoisotopic (exact) mass is 683 g/mol. The molecule has 0 atom stereocenters. The van der Waals surface area contributed by atoms with Crippen LogP contribution >= 0.6 is 0 Å². The van der Waals surface area contributed by atoms with E-state index in [1.165, 1.54) is 53.8 Å². The van der Waals surface area contributed by atoms with E-state index >= 15 is 0 Å². The minimum absolute atomic E-state index is 0.0148. The first kappa shape index (κ1) is 34.5. The maximum atomic E-state index is 13.7. The van der Waals surface area contributed by atoms with Gasteiger partial charge in [0.2, 0.25) is 10.0 Å². The number of amides is 1. The third kappa shape index (κ3) is 7.64. The first-order chi connectivity index (χ1) is 22.9. The molecule has 3 aromatic carbocycles. The number of nitro benzene ring substituents is 1.